The number of carbonyl (C=O) groups excluding carboxylic acids is 1. The predicted molar refractivity (Wildman–Crippen MR) is 109 cm³/mol. The smallest absolute Gasteiger partial charge is 0.278 e. The number of hydrogen-bond acceptors (Lipinski definition) is 6. The summed E-state index contributed by atoms with van der Waals surface area (Å²) in [5, 5.41) is 22.0. The molecule has 9 nitrogen and oxygen atoms in total. The fourth-order valence-electron chi connectivity index (χ4n) is 3.52. The summed E-state index contributed by atoms with van der Waals surface area (Å²) in [6.07, 6.45) is 2.28. The van der Waals surface area contributed by atoms with Crippen molar-refractivity contribution >= 4 is 23.0 Å². The monoisotopic (exact) mass is 392 g/mol. The number of aromatic nitrogens is 3. The highest BCUT2D eigenvalue weighted by atomic mass is 16.6. The van der Waals surface area contributed by atoms with Crippen LogP contribution < -0.4 is 10.2 Å². The van der Waals surface area contributed by atoms with E-state index < -0.39 is 4.92 Å². The minimum atomic E-state index is -0.474. The average molecular weight is 392 g/mol. The summed E-state index contributed by atoms with van der Waals surface area (Å²) in [5.41, 5.74) is 2.81. The summed E-state index contributed by atoms with van der Waals surface area (Å²) in [6, 6.07) is 13.7. The van der Waals surface area contributed by atoms with Gasteiger partial charge in [0, 0.05) is 25.2 Å². The lowest BCUT2D eigenvalue weighted by atomic mass is 10.2. The van der Waals surface area contributed by atoms with Crippen molar-refractivity contribution in [3.05, 3.63) is 70.0 Å². The first-order chi connectivity index (χ1) is 14.0. The molecule has 0 spiro atoms. The van der Waals surface area contributed by atoms with Crippen LogP contribution in [-0.2, 0) is 0 Å². The average Bonchev–Trinajstić information content (AvgIpc) is 3.38. The third-order valence-corrected chi connectivity index (χ3v) is 4.99. The van der Waals surface area contributed by atoms with Gasteiger partial charge < -0.3 is 10.2 Å². The third-order valence-electron chi connectivity index (χ3n) is 4.99. The molecule has 1 aliphatic rings. The zero-order chi connectivity index (χ0) is 20.4. The Hall–Kier alpha value is -3.75. The van der Waals surface area contributed by atoms with E-state index in [9.17, 15) is 14.9 Å². The number of carbonyl (C=O) groups is 1. The number of nitrogens with zero attached hydrogens (tertiary/aromatic N) is 5. The van der Waals surface area contributed by atoms with Gasteiger partial charge in [-0.25, -0.2) is 4.68 Å². The molecule has 1 amide bonds. The van der Waals surface area contributed by atoms with Gasteiger partial charge in [-0.2, -0.15) is 0 Å². The van der Waals surface area contributed by atoms with Gasteiger partial charge in [0.1, 0.15) is 0 Å². The molecule has 0 bridgehead atoms. The number of nitrogens with one attached hydrogen (secondary N) is 1. The minimum Gasteiger partial charge on any atom is -0.370 e. The molecule has 2 heterocycles. The molecule has 3 aromatic rings. The Labute approximate surface area is 167 Å². The lowest BCUT2D eigenvalue weighted by Gasteiger charge is -2.21. The highest BCUT2D eigenvalue weighted by Gasteiger charge is 2.21. The van der Waals surface area contributed by atoms with Crippen molar-refractivity contribution in [2.75, 3.05) is 23.3 Å². The van der Waals surface area contributed by atoms with Crippen LogP contribution in [0.25, 0.3) is 5.69 Å². The Morgan fingerprint density at radius 3 is 2.66 bits per heavy atom. The maximum Gasteiger partial charge on any atom is 0.278 e. The van der Waals surface area contributed by atoms with E-state index >= 15 is 0 Å². The van der Waals surface area contributed by atoms with Crippen LogP contribution in [0.15, 0.2) is 48.5 Å². The maximum atomic E-state index is 12.9. The van der Waals surface area contributed by atoms with Crippen LogP contribution in [0.4, 0.5) is 17.1 Å². The number of hydrogen-bond donors (Lipinski definition) is 1. The number of nitro benzene ring substituents is 1. The summed E-state index contributed by atoms with van der Waals surface area (Å²) in [7, 11) is 0. The minimum absolute atomic E-state index is 0.0528. The Morgan fingerprint density at radius 2 is 1.90 bits per heavy atom. The Bertz CT molecular complexity index is 1070. The highest BCUT2D eigenvalue weighted by Crippen LogP contribution is 2.29. The van der Waals surface area contributed by atoms with Gasteiger partial charge in [-0.1, -0.05) is 23.4 Å². The van der Waals surface area contributed by atoms with Crippen LogP contribution in [-0.4, -0.2) is 38.9 Å². The highest BCUT2D eigenvalue weighted by molar-refractivity contribution is 6.05. The molecule has 1 aliphatic heterocycles. The zero-order valence-electron chi connectivity index (χ0n) is 15.9. The second-order valence-electron chi connectivity index (χ2n) is 6.88. The van der Waals surface area contributed by atoms with Gasteiger partial charge in [-0.3, -0.25) is 14.9 Å². The topological polar surface area (TPSA) is 106 Å². The fourth-order valence-corrected chi connectivity index (χ4v) is 3.52. The van der Waals surface area contributed by atoms with E-state index in [2.05, 4.69) is 20.5 Å². The van der Waals surface area contributed by atoms with Crippen LogP contribution >= 0.6 is 0 Å². The Morgan fingerprint density at radius 1 is 1.14 bits per heavy atom. The van der Waals surface area contributed by atoms with Crippen molar-refractivity contribution in [2.45, 2.75) is 19.8 Å². The summed E-state index contributed by atoms with van der Waals surface area (Å²) >= 11 is 0. The largest absolute Gasteiger partial charge is 0.370 e. The number of benzene rings is 2. The molecule has 1 fully saturated rings. The molecule has 1 N–H and O–H groups in total. The molecule has 2 aromatic carbocycles. The number of non-ortho nitro benzene ring substituents is 1. The number of para-hydroxylation sites is 2. The van der Waals surface area contributed by atoms with Gasteiger partial charge in [-0.05, 0) is 38.0 Å². The van der Waals surface area contributed by atoms with E-state index in [4.69, 9.17) is 0 Å². The van der Waals surface area contributed by atoms with Gasteiger partial charge >= 0.3 is 0 Å². The van der Waals surface area contributed by atoms with E-state index in [1.807, 2.05) is 24.3 Å². The van der Waals surface area contributed by atoms with Crippen LogP contribution in [0.1, 0.15) is 29.0 Å². The van der Waals surface area contributed by atoms with E-state index in [0.717, 1.165) is 37.3 Å². The van der Waals surface area contributed by atoms with Crippen molar-refractivity contribution in [2.24, 2.45) is 0 Å². The molecule has 0 aliphatic carbocycles. The SMILES string of the molecule is Cc1c(C(=O)Nc2ccccc2N2CCCC2)nnn1-c1cccc([N+](=O)[O-])c1. The number of amides is 1. The van der Waals surface area contributed by atoms with Gasteiger partial charge in [-0.15, -0.1) is 5.10 Å². The van der Waals surface area contributed by atoms with Crippen LogP contribution in [0.3, 0.4) is 0 Å². The Balaban J connectivity index is 1.60. The zero-order valence-corrected chi connectivity index (χ0v) is 15.9. The standard InChI is InChI=1S/C20H20N6O3/c1-14-19(22-23-25(14)15-7-6-8-16(13-15)26(28)29)20(27)21-17-9-2-3-10-18(17)24-11-4-5-12-24/h2-3,6-10,13H,4-5,11-12H2,1H3,(H,21,27). The predicted octanol–water partition coefficient (Wildman–Crippen LogP) is 3.34. The lowest BCUT2D eigenvalue weighted by Crippen LogP contribution is -2.21. The second-order valence-corrected chi connectivity index (χ2v) is 6.88. The van der Waals surface area contributed by atoms with Gasteiger partial charge in [0.15, 0.2) is 5.69 Å². The summed E-state index contributed by atoms with van der Waals surface area (Å²) in [4.78, 5) is 25.7. The fraction of sp³-hybridized carbons (Fsp3) is 0.250. The number of nitro groups is 1. The van der Waals surface area contributed by atoms with E-state index in [1.165, 1.54) is 16.8 Å². The van der Waals surface area contributed by atoms with Crippen molar-refractivity contribution < 1.29 is 9.72 Å². The molecule has 1 saturated heterocycles. The molecule has 148 valence electrons. The molecular formula is C20H20N6O3. The normalized spacial score (nSPS) is 13.5. The second kappa shape index (κ2) is 7.70. The molecular weight excluding hydrogens is 372 g/mol. The van der Waals surface area contributed by atoms with Crippen LogP contribution in [0.2, 0.25) is 0 Å². The van der Waals surface area contributed by atoms with Crippen molar-refractivity contribution in [1.82, 2.24) is 15.0 Å². The molecule has 0 unspecified atom stereocenters. The van der Waals surface area contributed by atoms with Crippen LogP contribution in [0.5, 0.6) is 0 Å². The van der Waals surface area contributed by atoms with Crippen molar-refractivity contribution in [3.8, 4) is 5.69 Å². The molecule has 0 radical (unpaired) electrons. The summed E-state index contributed by atoms with van der Waals surface area (Å²) < 4.78 is 1.42. The van der Waals surface area contributed by atoms with Crippen molar-refractivity contribution in [1.29, 1.82) is 0 Å². The van der Waals surface area contributed by atoms with Gasteiger partial charge in [0.05, 0.1) is 27.7 Å². The van der Waals surface area contributed by atoms with Gasteiger partial charge in [0.25, 0.3) is 11.6 Å². The molecule has 0 saturated carbocycles. The first kappa shape index (κ1) is 18.6. The molecule has 1 aromatic heterocycles. The molecule has 9 heteroatoms. The third kappa shape index (κ3) is 3.66. The summed E-state index contributed by atoms with van der Waals surface area (Å²) in [6.45, 7) is 3.64. The van der Waals surface area contributed by atoms with E-state index in [-0.39, 0.29) is 17.3 Å². The van der Waals surface area contributed by atoms with Crippen LogP contribution in [0, 0.1) is 17.0 Å². The molecule has 4 rings (SSSR count). The lowest BCUT2D eigenvalue weighted by molar-refractivity contribution is -0.384. The molecule has 29 heavy (non-hydrogen) atoms. The number of rotatable bonds is 5. The quantitative estimate of drug-likeness (QED) is 0.527. The van der Waals surface area contributed by atoms with E-state index in [1.54, 1.807) is 19.1 Å². The van der Waals surface area contributed by atoms with E-state index in [0.29, 0.717) is 11.4 Å². The van der Waals surface area contributed by atoms with Gasteiger partial charge in [0.2, 0.25) is 0 Å². The molecule has 0 atom stereocenters. The Kier molecular flexibility index (Phi) is 4.94. The first-order valence-corrected chi connectivity index (χ1v) is 9.37. The van der Waals surface area contributed by atoms with Crippen molar-refractivity contribution in [3.63, 3.8) is 0 Å². The first-order valence-electron chi connectivity index (χ1n) is 9.37. The summed E-state index contributed by atoms with van der Waals surface area (Å²) in [5.74, 6) is -0.370. The number of anilines is 2. The maximum absolute atomic E-state index is 12.9.